The molecule has 2 unspecified atom stereocenters. The Bertz CT molecular complexity index is 483. The molecule has 1 aromatic heterocycles. The maximum atomic E-state index is 11.3. The molecule has 0 spiro atoms. The standard InChI is InChI=1S/C12H19N3O3/c1-7-9(11(16)17)10(15(4)14-7)13-12(3)5-6-18-8(12)2/h8,13H,5-6H2,1-4H3,(H,16,17). The van der Waals surface area contributed by atoms with Gasteiger partial charge in [0.05, 0.1) is 17.3 Å². The van der Waals surface area contributed by atoms with Crippen LogP contribution in [-0.2, 0) is 11.8 Å². The zero-order chi connectivity index (χ0) is 13.5. The number of rotatable bonds is 3. The van der Waals surface area contributed by atoms with Crippen LogP contribution in [0.25, 0.3) is 0 Å². The summed E-state index contributed by atoms with van der Waals surface area (Å²) >= 11 is 0. The highest BCUT2D eigenvalue weighted by atomic mass is 16.5. The van der Waals surface area contributed by atoms with Gasteiger partial charge in [-0.1, -0.05) is 0 Å². The van der Waals surface area contributed by atoms with Crippen molar-refractivity contribution in [2.75, 3.05) is 11.9 Å². The van der Waals surface area contributed by atoms with Crippen LogP contribution in [0.15, 0.2) is 0 Å². The lowest BCUT2D eigenvalue weighted by molar-refractivity contribution is 0.0696. The number of nitrogens with one attached hydrogen (secondary N) is 1. The molecule has 0 bridgehead atoms. The Morgan fingerprint density at radius 1 is 1.67 bits per heavy atom. The number of aromatic nitrogens is 2. The van der Waals surface area contributed by atoms with Crippen LogP contribution >= 0.6 is 0 Å². The third-order valence-electron chi connectivity index (χ3n) is 3.73. The fraction of sp³-hybridized carbons (Fsp3) is 0.667. The highest BCUT2D eigenvalue weighted by Crippen LogP contribution is 2.31. The molecule has 0 amide bonds. The molecule has 1 aromatic rings. The molecule has 100 valence electrons. The smallest absolute Gasteiger partial charge is 0.341 e. The maximum absolute atomic E-state index is 11.3. The number of carbonyl (C=O) groups is 1. The van der Waals surface area contributed by atoms with Gasteiger partial charge in [0.15, 0.2) is 0 Å². The molecule has 0 radical (unpaired) electrons. The van der Waals surface area contributed by atoms with Gasteiger partial charge < -0.3 is 15.2 Å². The number of anilines is 1. The predicted molar refractivity (Wildman–Crippen MR) is 67.0 cm³/mol. The van der Waals surface area contributed by atoms with Gasteiger partial charge in [0.25, 0.3) is 0 Å². The van der Waals surface area contributed by atoms with Crippen LogP contribution < -0.4 is 5.32 Å². The fourth-order valence-corrected chi connectivity index (χ4v) is 2.33. The topological polar surface area (TPSA) is 76.4 Å². The minimum atomic E-state index is -0.960. The van der Waals surface area contributed by atoms with Gasteiger partial charge in [-0.05, 0) is 27.2 Å². The zero-order valence-electron chi connectivity index (χ0n) is 11.1. The van der Waals surface area contributed by atoms with Gasteiger partial charge in [-0.2, -0.15) is 5.10 Å². The third-order valence-corrected chi connectivity index (χ3v) is 3.73. The minimum absolute atomic E-state index is 0.0364. The third kappa shape index (κ3) is 1.96. The first-order chi connectivity index (χ1) is 8.35. The second-order valence-electron chi connectivity index (χ2n) is 5.04. The molecule has 6 nitrogen and oxygen atoms in total. The fourth-order valence-electron chi connectivity index (χ4n) is 2.33. The van der Waals surface area contributed by atoms with E-state index in [-0.39, 0.29) is 17.2 Å². The molecule has 1 aliphatic rings. The van der Waals surface area contributed by atoms with Crippen molar-refractivity contribution in [3.63, 3.8) is 0 Å². The Morgan fingerprint density at radius 3 is 2.83 bits per heavy atom. The van der Waals surface area contributed by atoms with E-state index in [4.69, 9.17) is 4.74 Å². The SMILES string of the molecule is Cc1nn(C)c(NC2(C)CCOC2C)c1C(=O)O. The van der Waals surface area contributed by atoms with Crippen molar-refractivity contribution in [3.05, 3.63) is 11.3 Å². The maximum Gasteiger partial charge on any atom is 0.341 e. The molecule has 1 aliphatic heterocycles. The Kier molecular flexibility index (Phi) is 3.06. The van der Waals surface area contributed by atoms with Crippen LogP contribution in [0, 0.1) is 6.92 Å². The molecule has 1 saturated heterocycles. The van der Waals surface area contributed by atoms with Crippen molar-refractivity contribution in [2.24, 2.45) is 7.05 Å². The van der Waals surface area contributed by atoms with Crippen LogP contribution in [0.2, 0.25) is 0 Å². The number of carboxylic acid groups (broad SMARTS) is 1. The Balaban J connectivity index is 2.37. The van der Waals surface area contributed by atoms with E-state index in [9.17, 15) is 9.90 Å². The van der Waals surface area contributed by atoms with Crippen molar-refractivity contribution in [1.29, 1.82) is 0 Å². The van der Waals surface area contributed by atoms with Crippen molar-refractivity contribution in [1.82, 2.24) is 9.78 Å². The van der Waals surface area contributed by atoms with Gasteiger partial charge in [-0.15, -0.1) is 0 Å². The van der Waals surface area contributed by atoms with Gasteiger partial charge >= 0.3 is 5.97 Å². The van der Waals surface area contributed by atoms with Gasteiger partial charge in [0, 0.05) is 13.7 Å². The van der Waals surface area contributed by atoms with Crippen molar-refractivity contribution < 1.29 is 14.6 Å². The summed E-state index contributed by atoms with van der Waals surface area (Å²) in [4.78, 5) is 11.3. The molecule has 18 heavy (non-hydrogen) atoms. The number of ether oxygens (including phenoxy) is 1. The molecule has 0 aliphatic carbocycles. The van der Waals surface area contributed by atoms with Crippen molar-refractivity contribution >= 4 is 11.8 Å². The molecule has 0 saturated carbocycles. The van der Waals surface area contributed by atoms with E-state index >= 15 is 0 Å². The summed E-state index contributed by atoms with van der Waals surface area (Å²) in [6, 6.07) is 0. The van der Waals surface area contributed by atoms with Crippen LogP contribution in [0.5, 0.6) is 0 Å². The lowest BCUT2D eigenvalue weighted by atomic mass is 9.94. The van der Waals surface area contributed by atoms with Crippen molar-refractivity contribution in [3.8, 4) is 0 Å². The lowest BCUT2D eigenvalue weighted by Gasteiger charge is -2.30. The summed E-state index contributed by atoms with van der Waals surface area (Å²) in [7, 11) is 1.74. The van der Waals surface area contributed by atoms with Crippen LogP contribution in [-0.4, -0.2) is 39.1 Å². The summed E-state index contributed by atoms with van der Waals surface area (Å²) in [6.45, 7) is 6.41. The van der Waals surface area contributed by atoms with Crippen molar-refractivity contribution in [2.45, 2.75) is 38.8 Å². The monoisotopic (exact) mass is 253 g/mol. The Labute approximate surface area is 106 Å². The summed E-state index contributed by atoms with van der Waals surface area (Å²) in [6.07, 6.45) is 0.881. The highest BCUT2D eigenvalue weighted by molar-refractivity contribution is 5.94. The molecule has 2 N–H and O–H groups in total. The van der Waals surface area contributed by atoms with Crippen LogP contribution in [0.1, 0.15) is 36.3 Å². The lowest BCUT2D eigenvalue weighted by Crippen LogP contribution is -2.42. The first kappa shape index (κ1) is 12.9. The molecular formula is C12H19N3O3. The highest BCUT2D eigenvalue weighted by Gasteiger charge is 2.38. The minimum Gasteiger partial charge on any atom is -0.477 e. The number of carboxylic acids is 1. The van der Waals surface area contributed by atoms with E-state index in [1.54, 1.807) is 18.7 Å². The van der Waals surface area contributed by atoms with Gasteiger partial charge in [-0.25, -0.2) is 4.79 Å². The van der Waals surface area contributed by atoms with Gasteiger partial charge in [0.1, 0.15) is 11.4 Å². The first-order valence-corrected chi connectivity index (χ1v) is 6.02. The predicted octanol–water partition coefficient (Wildman–Crippen LogP) is 1.41. The molecule has 2 atom stereocenters. The summed E-state index contributed by atoms with van der Waals surface area (Å²) < 4.78 is 7.13. The molecule has 2 heterocycles. The average molecular weight is 253 g/mol. The van der Waals surface area contributed by atoms with E-state index in [1.165, 1.54) is 0 Å². The average Bonchev–Trinajstić information content (AvgIpc) is 2.70. The molecule has 1 fully saturated rings. The van der Waals surface area contributed by atoms with E-state index in [0.29, 0.717) is 18.1 Å². The normalized spacial score (nSPS) is 27.4. The summed E-state index contributed by atoms with van der Waals surface area (Å²) in [5.41, 5.74) is 0.491. The largest absolute Gasteiger partial charge is 0.477 e. The first-order valence-electron chi connectivity index (χ1n) is 6.02. The summed E-state index contributed by atoms with van der Waals surface area (Å²) in [5.74, 6) is -0.418. The Morgan fingerprint density at radius 2 is 2.33 bits per heavy atom. The number of hydrogen-bond donors (Lipinski definition) is 2. The molecule has 6 heteroatoms. The number of nitrogens with zero attached hydrogens (tertiary/aromatic N) is 2. The second kappa shape index (κ2) is 4.28. The van der Waals surface area contributed by atoms with E-state index in [1.807, 2.05) is 13.8 Å². The van der Waals surface area contributed by atoms with Gasteiger partial charge in [-0.3, -0.25) is 4.68 Å². The molecule has 2 rings (SSSR count). The molecular weight excluding hydrogens is 234 g/mol. The van der Waals surface area contributed by atoms with Crippen LogP contribution in [0.4, 0.5) is 5.82 Å². The second-order valence-corrected chi connectivity index (χ2v) is 5.04. The number of aryl methyl sites for hydroxylation is 2. The summed E-state index contributed by atoms with van der Waals surface area (Å²) in [5, 5.41) is 16.7. The Hall–Kier alpha value is -1.56. The quantitative estimate of drug-likeness (QED) is 0.851. The number of aromatic carboxylic acids is 1. The molecule has 0 aromatic carbocycles. The van der Waals surface area contributed by atoms with Gasteiger partial charge in [0.2, 0.25) is 0 Å². The van der Waals surface area contributed by atoms with Crippen LogP contribution in [0.3, 0.4) is 0 Å². The zero-order valence-corrected chi connectivity index (χ0v) is 11.1. The number of hydrogen-bond acceptors (Lipinski definition) is 4. The van der Waals surface area contributed by atoms with E-state index in [2.05, 4.69) is 10.4 Å². The van der Waals surface area contributed by atoms with E-state index in [0.717, 1.165) is 6.42 Å². The van der Waals surface area contributed by atoms with E-state index < -0.39 is 5.97 Å².